The molecule has 1 atom stereocenters. The second kappa shape index (κ2) is 5.80. The quantitative estimate of drug-likeness (QED) is 0.731. The molecule has 0 radical (unpaired) electrons. The van der Waals surface area contributed by atoms with Crippen molar-refractivity contribution in [2.75, 3.05) is 33.4 Å². The zero-order valence-electron chi connectivity index (χ0n) is 10.5. The summed E-state index contributed by atoms with van der Waals surface area (Å²) in [5, 5.41) is 6.27. The number of hydrogen-bond donors (Lipinski definition) is 2. The third-order valence-corrected chi connectivity index (χ3v) is 3.75. The number of ether oxygens (including phenoxy) is 2. The Morgan fingerprint density at radius 1 is 1.53 bits per heavy atom. The first kappa shape index (κ1) is 12.8. The molecule has 0 spiro atoms. The Balaban J connectivity index is 1.80. The highest BCUT2D eigenvalue weighted by Gasteiger charge is 2.33. The molecule has 17 heavy (non-hydrogen) atoms. The molecule has 0 aliphatic carbocycles. The van der Waals surface area contributed by atoms with Gasteiger partial charge in [0, 0.05) is 20.3 Å². The molecular formula is C12H22N2O3. The number of carbonyl (C=O) groups is 1. The summed E-state index contributed by atoms with van der Waals surface area (Å²) in [6.07, 6.45) is 3.46. The molecule has 2 saturated heterocycles. The van der Waals surface area contributed by atoms with Crippen molar-refractivity contribution in [3.8, 4) is 0 Å². The fraction of sp³-hybridized carbons (Fsp3) is 0.917. The van der Waals surface area contributed by atoms with Crippen molar-refractivity contribution in [1.29, 1.82) is 0 Å². The molecule has 0 bridgehead atoms. The first-order valence-electron chi connectivity index (χ1n) is 6.41. The molecule has 2 fully saturated rings. The van der Waals surface area contributed by atoms with Crippen LogP contribution in [0.1, 0.15) is 25.7 Å². The SMILES string of the molecule is COC1(CNC(=O)C2CCCO2)CCNCC1. The minimum Gasteiger partial charge on any atom is -0.376 e. The lowest BCUT2D eigenvalue weighted by Crippen LogP contribution is -2.52. The van der Waals surface area contributed by atoms with Crippen LogP contribution < -0.4 is 10.6 Å². The lowest BCUT2D eigenvalue weighted by Gasteiger charge is -2.36. The lowest BCUT2D eigenvalue weighted by molar-refractivity contribution is -0.132. The number of hydrogen-bond acceptors (Lipinski definition) is 4. The molecule has 2 aliphatic rings. The molecule has 5 heteroatoms. The summed E-state index contributed by atoms with van der Waals surface area (Å²) in [6, 6.07) is 0. The molecule has 0 aromatic heterocycles. The van der Waals surface area contributed by atoms with Gasteiger partial charge in [-0.3, -0.25) is 4.79 Å². The zero-order valence-corrected chi connectivity index (χ0v) is 10.5. The summed E-state index contributed by atoms with van der Waals surface area (Å²) in [4.78, 5) is 11.8. The minimum absolute atomic E-state index is 0.0115. The van der Waals surface area contributed by atoms with E-state index in [1.807, 2.05) is 0 Å². The molecule has 1 unspecified atom stereocenters. The van der Waals surface area contributed by atoms with E-state index in [-0.39, 0.29) is 17.6 Å². The second-order valence-electron chi connectivity index (χ2n) is 4.86. The molecule has 0 saturated carbocycles. The standard InChI is InChI=1S/C12H22N2O3/c1-16-12(4-6-13-7-5-12)9-14-11(15)10-3-2-8-17-10/h10,13H,2-9H2,1H3,(H,14,15). The first-order valence-corrected chi connectivity index (χ1v) is 6.41. The summed E-state index contributed by atoms with van der Waals surface area (Å²) >= 11 is 0. The van der Waals surface area contributed by atoms with Gasteiger partial charge in [-0.15, -0.1) is 0 Å². The van der Waals surface area contributed by atoms with Crippen LogP contribution >= 0.6 is 0 Å². The van der Waals surface area contributed by atoms with Gasteiger partial charge < -0.3 is 20.1 Å². The van der Waals surface area contributed by atoms with Gasteiger partial charge in [-0.25, -0.2) is 0 Å². The van der Waals surface area contributed by atoms with E-state index in [0.29, 0.717) is 13.2 Å². The van der Waals surface area contributed by atoms with Gasteiger partial charge in [0.05, 0.1) is 5.60 Å². The molecular weight excluding hydrogens is 220 g/mol. The van der Waals surface area contributed by atoms with Crippen LogP contribution in [0.2, 0.25) is 0 Å². The largest absolute Gasteiger partial charge is 0.376 e. The first-order chi connectivity index (χ1) is 8.26. The molecule has 2 rings (SSSR count). The number of piperidine rings is 1. The van der Waals surface area contributed by atoms with Crippen molar-refractivity contribution < 1.29 is 14.3 Å². The number of methoxy groups -OCH3 is 1. The Labute approximate surface area is 102 Å². The van der Waals surface area contributed by atoms with Crippen molar-refractivity contribution >= 4 is 5.91 Å². The van der Waals surface area contributed by atoms with Crippen molar-refractivity contribution in [2.45, 2.75) is 37.4 Å². The van der Waals surface area contributed by atoms with E-state index in [0.717, 1.165) is 38.8 Å². The monoisotopic (exact) mass is 242 g/mol. The fourth-order valence-electron chi connectivity index (χ4n) is 2.48. The number of amides is 1. The van der Waals surface area contributed by atoms with Gasteiger partial charge in [-0.1, -0.05) is 0 Å². The summed E-state index contributed by atoms with van der Waals surface area (Å²) in [6.45, 7) is 3.19. The van der Waals surface area contributed by atoms with Crippen LogP contribution in [0.3, 0.4) is 0 Å². The van der Waals surface area contributed by atoms with E-state index in [1.54, 1.807) is 7.11 Å². The summed E-state index contributed by atoms with van der Waals surface area (Å²) in [5.74, 6) is 0.0115. The van der Waals surface area contributed by atoms with Gasteiger partial charge >= 0.3 is 0 Å². The average Bonchev–Trinajstić information content (AvgIpc) is 2.91. The van der Waals surface area contributed by atoms with Gasteiger partial charge in [0.1, 0.15) is 6.10 Å². The van der Waals surface area contributed by atoms with E-state index in [9.17, 15) is 4.79 Å². The van der Waals surface area contributed by atoms with Gasteiger partial charge in [0.2, 0.25) is 5.91 Å². The lowest BCUT2D eigenvalue weighted by atomic mass is 9.92. The minimum atomic E-state index is -0.245. The van der Waals surface area contributed by atoms with Gasteiger partial charge in [-0.05, 0) is 38.8 Å². The van der Waals surface area contributed by atoms with Crippen molar-refractivity contribution in [3.05, 3.63) is 0 Å². The van der Waals surface area contributed by atoms with Gasteiger partial charge in [0.25, 0.3) is 0 Å². The van der Waals surface area contributed by atoms with Crippen molar-refractivity contribution in [2.24, 2.45) is 0 Å². The van der Waals surface area contributed by atoms with Crippen molar-refractivity contribution in [3.63, 3.8) is 0 Å². The molecule has 0 aromatic carbocycles. The average molecular weight is 242 g/mol. The van der Waals surface area contributed by atoms with Crippen LogP contribution in [0.5, 0.6) is 0 Å². The predicted octanol–water partition coefficient (Wildman–Crippen LogP) is 0.0502. The van der Waals surface area contributed by atoms with E-state index in [2.05, 4.69) is 10.6 Å². The van der Waals surface area contributed by atoms with E-state index in [1.165, 1.54) is 0 Å². The highest BCUT2D eigenvalue weighted by molar-refractivity contribution is 5.81. The summed E-state index contributed by atoms with van der Waals surface area (Å²) in [7, 11) is 1.73. The Hall–Kier alpha value is -0.650. The molecule has 2 heterocycles. The van der Waals surface area contributed by atoms with Crippen LogP contribution in [0.4, 0.5) is 0 Å². The number of nitrogens with one attached hydrogen (secondary N) is 2. The van der Waals surface area contributed by atoms with Crippen LogP contribution in [-0.4, -0.2) is 51.0 Å². The molecule has 1 amide bonds. The van der Waals surface area contributed by atoms with Gasteiger partial charge in [-0.2, -0.15) is 0 Å². The maximum atomic E-state index is 11.8. The van der Waals surface area contributed by atoms with E-state index >= 15 is 0 Å². The molecule has 2 aliphatic heterocycles. The maximum Gasteiger partial charge on any atom is 0.249 e. The van der Waals surface area contributed by atoms with Crippen molar-refractivity contribution in [1.82, 2.24) is 10.6 Å². The Morgan fingerprint density at radius 3 is 2.88 bits per heavy atom. The van der Waals surface area contributed by atoms with Crippen LogP contribution in [0.25, 0.3) is 0 Å². The number of carbonyl (C=O) groups excluding carboxylic acids is 1. The smallest absolute Gasteiger partial charge is 0.249 e. The zero-order chi connectivity index (χ0) is 12.1. The molecule has 2 N–H and O–H groups in total. The number of rotatable bonds is 4. The van der Waals surface area contributed by atoms with Crippen LogP contribution in [0.15, 0.2) is 0 Å². The van der Waals surface area contributed by atoms with Crippen LogP contribution in [-0.2, 0) is 14.3 Å². The molecule has 98 valence electrons. The molecule has 0 aromatic rings. The normalized spacial score (nSPS) is 27.9. The summed E-state index contributed by atoms with van der Waals surface area (Å²) < 4.78 is 11.0. The van der Waals surface area contributed by atoms with Gasteiger partial charge in [0.15, 0.2) is 0 Å². The van der Waals surface area contributed by atoms with E-state index in [4.69, 9.17) is 9.47 Å². The van der Waals surface area contributed by atoms with Crippen LogP contribution in [0, 0.1) is 0 Å². The third-order valence-electron chi connectivity index (χ3n) is 3.75. The highest BCUT2D eigenvalue weighted by Crippen LogP contribution is 2.21. The Kier molecular flexibility index (Phi) is 4.36. The second-order valence-corrected chi connectivity index (χ2v) is 4.86. The fourth-order valence-corrected chi connectivity index (χ4v) is 2.48. The topological polar surface area (TPSA) is 59.6 Å². The highest BCUT2D eigenvalue weighted by atomic mass is 16.5. The Morgan fingerprint density at radius 2 is 2.29 bits per heavy atom. The Bertz CT molecular complexity index is 258. The molecule has 5 nitrogen and oxygen atoms in total. The summed E-state index contributed by atoms with van der Waals surface area (Å²) in [5.41, 5.74) is -0.195. The predicted molar refractivity (Wildman–Crippen MR) is 63.8 cm³/mol. The maximum absolute atomic E-state index is 11.8. The van der Waals surface area contributed by atoms with E-state index < -0.39 is 0 Å². The third kappa shape index (κ3) is 3.18.